The van der Waals surface area contributed by atoms with Gasteiger partial charge in [0.2, 0.25) is 11.9 Å². The number of primary amides is 1. The molecule has 8 heteroatoms. The molecular weight excluding hydrogens is 226 g/mol. The molecule has 92 valence electrons. The van der Waals surface area contributed by atoms with Crippen molar-refractivity contribution in [1.82, 2.24) is 15.3 Å². The van der Waals surface area contributed by atoms with Crippen molar-refractivity contribution in [2.45, 2.75) is 19.0 Å². The van der Waals surface area contributed by atoms with Gasteiger partial charge in [0.05, 0.1) is 6.42 Å². The zero-order chi connectivity index (χ0) is 12.8. The van der Waals surface area contributed by atoms with E-state index in [0.29, 0.717) is 5.56 Å². The molecule has 0 bridgehead atoms. The van der Waals surface area contributed by atoms with Gasteiger partial charge in [-0.25, -0.2) is 9.97 Å². The average Bonchev–Trinajstić information content (AvgIpc) is 2.25. The maximum atomic E-state index is 10.8. The molecule has 0 aliphatic rings. The fourth-order valence-electron chi connectivity index (χ4n) is 1.15. The van der Waals surface area contributed by atoms with Gasteiger partial charge >= 0.3 is 5.97 Å². The van der Waals surface area contributed by atoms with Gasteiger partial charge in [-0.05, 0) is 0 Å². The lowest BCUT2D eigenvalue weighted by atomic mass is 10.2. The lowest BCUT2D eigenvalue weighted by Gasteiger charge is -2.12. The number of nitrogens with two attached hydrogens (primary N) is 2. The summed E-state index contributed by atoms with van der Waals surface area (Å²) in [4.78, 5) is 28.9. The fraction of sp³-hybridized carbons (Fsp3) is 0.333. The third-order valence-corrected chi connectivity index (χ3v) is 1.98. The van der Waals surface area contributed by atoms with Crippen molar-refractivity contribution in [1.29, 1.82) is 0 Å². The number of hydrogen-bond donors (Lipinski definition) is 4. The second kappa shape index (κ2) is 5.75. The topological polar surface area (TPSA) is 144 Å². The number of amides is 1. The maximum Gasteiger partial charge on any atom is 0.321 e. The van der Waals surface area contributed by atoms with Crippen LogP contribution in [0.4, 0.5) is 5.95 Å². The summed E-state index contributed by atoms with van der Waals surface area (Å²) in [5, 5.41) is 11.5. The van der Waals surface area contributed by atoms with Crippen LogP contribution < -0.4 is 16.8 Å². The Morgan fingerprint density at radius 3 is 2.47 bits per heavy atom. The molecule has 1 amide bonds. The Hall–Kier alpha value is -2.22. The summed E-state index contributed by atoms with van der Waals surface area (Å²) in [7, 11) is 0. The van der Waals surface area contributed by atoms with E-state index < -0.39 is 17.9 Å². The fourth-order valence-corrected chi connectivity index (χ4v) is 1.15. The predicted molar refractivity (Wildman–Crippen MR) is 58.5 cm³/mol. The van der Waals surface area contributed by atoms with Crippen LogP contribution in [-0.2, 0) is 16.1 Å². The largest absolute Gasteiger partial charge is 0.480 e. The van der Waals surface area contributed by atoms with Crippen LogP contribution in [0.15, 0.2) is 12.4 Å². The number of nitrogen functional groups attached to an aromatic ring is 1. The van der Waals surface area contributed by atoms with Crippen LogP contribution in [0.5, 0.6) is 0 Å². The lowest BCUT2D eigenvalue weighted by molar-refractivity contribution is -0.141. The van der Waals surface area contributed by atoms with Crippen LogP contribution in [0.2, 0.25) is 0 Å². The van der Waals surface area contributed by atoms with Crippen LogP contribution in [0.25, 0.3) is 0 Å². The molecule has 0 saturated carbocycles. The van der Waals surface area contributed by atoms with Gasteiger partial charge in [0.1, 0.15) is 6.04 Å². The third kappa shape index (κ3) is 4.43. The number of rotatable bonds is 6. The van der Waals surface area contributed by atoms with Crippen molar-refractivity contribution in [3.8, 4) is 0 Å². The van der Waals surface area contributed by atoms with Crippen LogP contribution >= 0.6 is 0 Å². The number of aliphatic carboxylic acids is 1. The minimum atomic E-state index is -1.14. The van der Waals surface area contributed by atoms with E-state index in [2.05, 4.69) is 15.3 Å². The van der Waals surface area contributed by atoms with Crippen molar-refractivity contribution >= 4 is 17.8 Å². The van der Waals surface area contributed by atoms with Gasteiger partial charge in [0.25, 0.3) is 0 Å². The Kier molecular flexibility index (Phi) is 4.35. The molecule has 1 rings (SSSR count). The first kappa shape index (κ1) is 12.8. The minimum absolute atomic E-state index is 0.140. The van der Waals surface area contributed by atoms with Crippen LogP contribution in [-0.4, -0.2) is 33.0 Å². The van der Waals surface area contributed by atoms with E-state index in [1.54, 1.807) is 0 Å². The number of hydrogen-bond acceptors (Lipinski definition) is 6. The van der Waals surface area contributed by atoms with Gasteiger partial charge in [-0.15, -0.1) is 0 Å². The molecule has 0 fully saturated rings. The molecule has 0 aliphatic carbocycles. The molecule has 1 unspecified atom stereocenters. The number of nitrogens with one attached hydrogen (secondary N) is 1. The summed E-state index contributed by atoms with van der Waals surface area (Å²) in [5.41, 5.74) is 10.9. The summed E-state index contributed by atoms with van der Waals surface area (Å²) in [6.07, 6.45) is 2.67. The summed E-state index contributed by atoms with van der Waals surface area (Å²) in [6.45, 7) is 0.213. The molecule has 0 aromatic carbocycles. The monoisotopic (exact) mass is 239 g/mol. The summed E-state index contributed by atoms with van der Waals surface area (Å²) in [6, 6.07) is -1.02. The smallest absolute Gasteiger partial charge is 0.321 e. The van der Waals surface area contributed by atoms with E-state index in [0.717, 1.165) is 0 Å². The van der Waals surface area contributed by atoms with E-state index in [1.807, 2.05) is 0 Å². The highest BCUT2D eigenvalue weighted by molar-refractivity contribution is 5.83. The second-order valence-corrected chi connectivity index (χ2v) is 3.39. The zero-order valence-electron chi connectivity index (χ0n) is 8.96. The molecule has 0 aliphatic heterocycles. The molecule has 1 heterocycles. The number of carbonyl (C=O) groups excluding carboxylic acids is 1. The van der Waals surface area contributed by atoms with Crippen molar-refractivity contribution in [2.75, 3.05) is 5.73 Å². The molecule has 0 radical (unpaired) electrons. The van der Waals surface area contributed by atoms with Crippen molar-refractivity contribution in [2.24, 2.45) is 5.73 Å². The Bertz CT molecular complexity index is 406. The van der Waals surface area contributed by atoms with Gasteiger partial charge < -0.3 is 16.6 Å². The van der Waals surface area contributed by atoms with Gasteiger partial charge in [0, 0.05) is 24.5 Å². The Balaban J connectivity index is 2.54. The first-order chi connectivity index (χ1) is 7.99. The highest BCUT2D eigenvalue weighted by Crippen LogP contribution is 1.99. The number of carboxylic acid groups (broad SMARTS) is 1. The highest BCUT2D eigenvalue weighted by Gasteiger charge is 2.19. The number of carbonyl (C=O) groups is 2. The van der Waals surface area contributed by atoms with E-state index in [4.69, 9.17) is 16.6 Å². The highest BCUT2D eigenvalue weighted by atomic mass is 16.4. The van der Waals surface area contributed by atoms with Crippen molar-refractivity contribution in [3.05, 3.63) is 18.0 Å². The molecule has 0 saturated heterocycles. The van der Waals surface area contributed by atoms with Crippen molar-refractivity contribution in [3.63, 3.8) is 0 Å². The molecular formula is C9H13N5O3. The SMILES string of the molecule is NC(=O)CC(NCc1cnc(N)nc1)C(=O)O. The molecule has 0 spiro atoms. The van der Waals surface area contributed by atoms with Crippen LogP contribution in [0, 0.1) is 0 Å². The Labute approximate surface area is 97.0 Å². The first-order valence-electron chi connectivity index (χ1n) is 4.80. The zero-order valence-corrected chi connectivity index (χ0v) is 8.96. The van der Waals surface area contributed by atoms with E-state index >= 15 is 0 Å². The van der Waals surface area contributed by atoms with E-state index in [-0.39, 0.29) is 18.9 Å². The number of nitrogens with zero attached hydrogens (tertiary/aromatic N) is 2. The van der Waals surface area contributed by atoms with E-state index in [1.165, 1.54) is 12.4 Å². The second-order valence-electron chi connectivity index (χ2n) is 3.39. The molecule has 6 N–H and O–H groups in total. The van der Waals surface area contributed by atoms with Gasteiger partial charge in [-0.2, -0.15) is 0 Å². The van der Waals surface area contributed by atoms with Crippen LogP contribution in [0.1, 0.15) is 12.0 Å². The number of anilines is 1. The van der Waals surface area contributed by atoms with Gasteiger partial charge in [-0.3, -0.25) is 14.9 Å². The normalized spacial score (nSPS) is 12.0. The maximum absolute atomic E-state index is 10.8. The molecule has 1 aromatic heterocycles. The first-order valence-corrected chi connectivity index (χ1v) is 4.80. The number of carboxylic acids is 1. The molecule has 8 nitrogen and oxygen atoms in total. The predicted octanol–water partition coefficient (Wildman–Crippen LogP) is -1.52. The Morgan fingerprint density at radius 1 is 1.41 bits per heavy atom. The minimum Gasteiger partial charge on any atom is -0.480 e. The standard InChI is InChI=1S/C9H13N5O3/c10-7(15)1-6(8(16)17)12-2-5-3-13-9(11)14-4-5/h3-4,6,12H,1-2H2,(H2,10,15)(H,16,17)(H2,11,13,14). The molecule has 17 heavy (non-hydrogen) atoms. The average molecular weight is 239 g/mol. The Morgan fingerprint density at radius 2 is 2.00 bits per heavy atom. The molecule has 1 aromatic rings. The number of aromatic nitrogens is 2. The summed E-state index contributed by atoms with van der Waals surface area (Å²) >= 11 is 0. The van der Waals surface area contributed by atoms with Gasteiger partial charge in [-0.1, -0.05) is 0 Å². The molecule has 1 atom stereocenters. The van der Waals surface area contributed by atoms with E-state index in [9.17, 15) is 9.59 Å². The van der Waals surface area contributed by atoms with Crippen molar-refractivity contribution < 1.29 is 14.7 Å². The van der Waals surface area contributed by atoms with Crippen LogP contribution in [0.3, 0.4) is 0 Å². The lowest BCUT2D eigenvalue weighted by Crippen LogP contribution is -2.39. The third-order valence-electron chi connectivity index (χ3n) is 1.98. The summed E-state index contributed by atoms with van der Waals surface area (Å²) < 4.78 is 0. The quantitative estimate of drug-likeness (QED) is 0.471. The summed E-state index contributed by atoms with van der Waals surface area (Å²) in [5.74, 6) is -1.68. The van der Waals surface area contributed by atoms with Gasteiger partial charge in [0.15, 0.2) is 0 Å².